The van der Waals surface area contributed by atoms with E-state index in [9.17, 15) is 18.6 Å². The number of nitrogens with zero attached hydrogens (tertiary/aromatic N) is 1. The third-order valence-corrected chi connectivity index (χ3v) is 9.98. The molecular weight excluding hydrogens is 434 g/mol. The molecule has 7 heteroatoms. The van der Waals surface area contributed by atoms with Gasteiger partial charge in [-0.25, -0.2) is 12.7 Å². The van der Waals surface area contributed by atoms with Gasteiger partial charge in [0.25, 0.3) is 0 Å². The first-order valence-corrected chi connectivity index (χ1v) is 13.4. The Morgan fingerprint density at radius 3 is 2.65 bits per heavy atom. The summed E-state index contributed by atoms with van der Waals surface area (Å²) in [6, 6.07) is 5.74. The van der Waals surface area contributed by atoms with Crippen LogP contribution in [-0.2, 0) is 21.9 Å². The number of rotatable bonds is 4. The lowest BCUT2D eigenvalue weighted by atomic mass is 9.52. The van der Waals surface area contributed by atoms with Gasteiger partial charge >= 0.3 is 0 Å². The van der Waals surface area contributed by atoms with Crippen LogP contribution in [0.2, 0.25) is 0 Å². The van der Waals surface area contributed by atoms with Crippen LogP contribution >= 0.6 is 11.6 Å². The summed E-state index contributed by atoms with van der Waals surface area (Å²) in [5.41, 5.74) is 1.39. The van der Waals surface area contributed by atoms with Gasteiger partial charge in [0.05, 0.1) is 5.75 Å². The highest BCUT2D eigenvalue weighted by Crippen LogP contribution is 2.56. The molecule has 2 fully saturated rings. The van der Waals surface area contributed by atoms with Gasteiger partial charge < -0.3 is 10.2 Å². The van der Waals surface area contributed by atoms with Gasteiger partial charge in [0.15, 0.2) is 0 Å². The predicted molar refractivity (Wildman–Crippen MR) is 122 cm³/mol. The molecule has 3 aliphatic rings. The first kappa shape index (κ1) is 22.9. The summed E-state index contributed by atoms with van der Waals surface area (Å²) >= 11 is 5.65. The number of piperidine rings is 1. The molecule has 1 saturated heterocycles. The number of hydrogen-bond acceptors (Lipinski definition) is 4. The average Bonchev–Trinajstić information content (AvgIpc) is 2.74. The van der Waals surface area contributed by atoms with Crippen molar-refractivity contribution in [1.29, 1.82) is 0 Å². The minimum atomic E-state index is -3.13. The number of aryl methyl sites for hydroxylation is 1. The third-order valence-electron chi connectivity index (χ3n) is 8.00. The topological polar surface area (TPSA) is 77.8 Å². The molecule has 31 heavy (non-hydrogen) atoms. The van der Waals surface area contributed by atoms with Crippen molar-refractivity contribution in [3.8, 4) is 17.0 Å². The van der Waals surface area contributed by atoms with Crippen LogP contribution in [-0.4, -0.2) is 47.4 Å². The van der Waals surface area contributed by atoms with Crippen molar-refractivity contribution in [2.45, 2.75) is 69.3 Å². The second kappa shape index (κ2) is 8.59. The Morgan fingerprint density at radius 1 is 1.23 bits per heavy atom. The zero-order chi connectivity index (χ0) is 22.3. The van der Waals surface area contributed by atoms with E-state index in [-0.39, 0.29) is 11.2 Å². The lowest BCUT2D eigenvalue weighted by Gasteiger charge is -2.53. The van der Waals surface area contributed by atoms with Crippen molar-refractivity contribution in [2.75, 3.05) is 18.8 Å². The van der Waals surface area contributed by atoms with E-state index in [1.54, 1.807) is 17.3 Å². The number of fused-ring (bicyclic) bond motifs is 3. The molecule has 2 aliphatic carbocycles. The van der Waals surface area contributed by atoms with Crippen LogP contribution in [0.3, 0.4) is 0 Å². The molecule has 0 bridgehead atoms. The van der Waals surface area contributed by atoms with Crippen LogP contribution in [0.4, 0.5) is 0 Å². The normalized spacial score (nSPS) is 31.9. The van der Waals surface area contributed by atoms with Gasteiger partial charge in [-0.1, -0.05) is 12.0 Å². The molecule has 0 aromatic heterocycles. The van der Waals surface area contributed by atoms with E-state index in [1.165, 1.54) is 11.1 Å². The standard InChI is InChI=1S/C24H32ClNO4S/c1-2-31(29,30)26-13-7-18(8-14-26)16-24-10-9-23(28,11-12-25)17-20(24)4-3-19-15-21(27)5-6-22(19)24/h5-6,15,18,20,27-28H,2-4,7-10,13-14,16-17H2,1H3/t20-,23+,24+/m0/s1. The van der Waals surface area contributed by atoms with Crippen LogP contribution in [0.15, 0.2) is 18.2 Å². The van der Waals surface area contributed by atoms with Crippen LogP contribution in [0, 0.1) is 23.1 Å². The fourth-order valence-corrected chi connectivity index (χ4v) is 7.65. The highest BCUT2D eigenvalue weighted by Gasteiger charge is 2.52. The monoisotopic (exact) mass is 465 g/mol. The van der Waals surface area contributed by atoms with Crippen LogP contribution in [0.1, 0.15) is 63.0 Å². The maximum Gasteiger partial charge on any atom is 0.213 e. The van der Waals surface area contributed by atoms with Crippen molar-refractivity contribution >= 4 is 21.6 Å². The van der Waals surface area contributed by atoms with E-state index in [4.69, 9.17) is 11.6 Å². The maximum atomic E-state index is 12.3. The molecule has 0 amide bonds. The summed E-state index contributed by atoms with van der Waals surface area (Å²) < 4.78 is 26.2. The highest BCUT2D eigenvalue weighted by molar-refractivity contribution is 7.89. The number of phenols is 1. The molecule has 5 nitrogen and oxygen atoms in total. The fourth-order valence-electron chi connectivity index (χ4n) is 6.34. The van der Waals surface area contributed by atoms with Crippen LogP contribution < -0.4 is 0 Å². The van der Waals surface area contributed by atoms with Gasteiger partial charge in [-0.3, -0.25) is 0 Å². The SMILES string of the molecule is CCS(=O)(=O)N1CCC(C[C@]23CC[C@@](O)(C#CCl)C[C@@H]2CCc2cc(O)ccc23)CC1. The van der Waals surface area contributed by atoms with Gasteiger partial charge in [-0.2, -0.15) is 0 Å². The number of phenolic OH excluding ortho intramolecular Hbond substituents is 1. The Hall–Kier alpha value is -1.26. The summed E-state index contributed by atoms with van der Waals surface area (Å²) in [7, 11) is -3.13. The molecule has 1 aliphatic heterocycles. The van der Waals surface area contributed by atoms with Crippen molar-refractivity contribution < 1.29 is 18.6 Å². The zero-order valence-corrected chi connectivity index (χ0v) is 19.7. The third kappa shape index (κ3) is 4.35. The van der Waals surface area contributed by atoms with E-state index in [0.717, 1.165) is 38.5 Å². The van der Waals surface area contributed by atoms with Crippen molar-refractivity contribution in [1.82, 2.24) is 4.31 Å². The Balaban J connectivity index is 1.61. The summed E-state index contributed by atoms with van der Waals surface area (Å²) in [5.74, 6) is 4.02. The zero-order valence-electron chi connectivity index (χ0n) is 18.1. The molecule has 1 saturated carbocycles. The predicted octanol–water partition coefficient (Wildman–Crippen LogP) is 3.76. The van der Waals surface area contributed by atoms with Crippen LogP contribution in [0.25, 0.3) is 0 Å². The van der Waals surface area contributed by atoms with Gasteiger partial charge in [-0.15, -0.1) is 0 Å². The number of halogens is 1. The summed E-state index contributed by atoms with van der Waals surface area (Å²) in [5, 5.41) is 23.4. The lowest BCUT2D eigenvalue weighted by molar-refractivity contribution is -0.0178. The molecule has 0 radical (unpaired) electrons. The molecule has 0 spiro atoms. The summed E-state index contributed by atoms with van der Waals surface area (Å²) in [4.78, 5) is 0. The summed E-state index contributed by atoms with van der Waals surface area (Å²) in [6.45, 7) is 2.88. The molecule has 2 N–H and O–H groups in total. The smallest absolute Gasteiger partial charge is 0.213 e. The highest BCUT2D eigenvalue weighted by atomic mass is 35.5. The molecule has 170 valence electrons. The Bertz CT molecular complexity index is 993. The van der Waals surface area contributed by atoms with E-state index in [0.29, 0.717) is 43.5 Å². The number of benzene rings is 1. The van der Waals surface area contributed by atoms with Crippen molar-refractivity contribution in [3.05, 3.63) is 29.3 Å². The quantitative estimate of drug-likeness (QED) is 0.663. The number of hydrogen-bond donors (Lipinski definition) is 2. The van der Waals surface area contributed by atoms with Gasteiger partial charge in [0.1, 0.15) is 11.4 Å². The molecule has 1 aromatic carbocycles. The van der Waals surface area contributed by atoms with Gasteiger partial charge in [0, 0.05) is 18.5 Å². The number of aliphatic hydroxyl groups is 1. The second-order valence-corrected chi connectivity index (χ2v) is 12.1. The van der Waals surface area contributed by atoms with E-state index >= 15 is 0 Å². The molecule has 4 rings (SSSR count). The average molecular weight is 466 g/mol. The van der Waals surface area contributed by atoms with Crippen molar-refractivity contribution in [2.24, 2.45) is 11.8 Å². The van der Waals surface area contributed by atoms with E-state index < -0.39 is 15.6 Å². The first-order chi connectivity index (χ1) is 14.7. The minimum Gasteiger partial charge on any atom is -0.508 e. The molecular formula is C24H32ClNO4S. The minimum absolute atomic E-state index is 0.0715. The van der Waals surface area contributed by atoms with E-state index in [2.05, 4.69) is 17.4 Å². The maximum absolute atomic E-state index is 12.3. The lowest BCUT2D eigenvalue weighted by Crippen LogP contribution is -2.51. The number of aromatic hydroxyl groups is 1. The van der Waals surface area contributed by atoms with Crippen LogP contribution in [0.5, 0.6) is 5.75 Å². The van der Waals surface area contributed by atoms with Crippen molar-refractivity contribution in [3.63, 3.8) is 0 Å². The molecule has 1 heterocycles. The largest absolute Gasteiger partial charge is 0.508 e. The second-order valence-electron chi connectivity index (χ2n) is 9.64. The van der Waals surface area contributed by atoms with Gasteiger partial charge in [0.2, 0.25) is 10.0 Å². The summed E-state index contributed by atoms with van der Waals surface area (Å²) in [6.07, 6.45) is 6.56. The molecule has 0 unspecified atom stereocenters. The molecule has 3 atom stereocenters. The van der Waals surface area contributed by atoms with E-state index in [1.807, 2.05) is 6.07 Å². The fraction of sp³-hybridized carbons (Fsp3) is 0.667. The first-order valence-electron chi connectivity index (χ1n) is 11.4. The molecule has 1 aromatic rings. The van der Waals surface area contributed by atoms with Gasteiger partial charge in [-0.05, 0) is 110 Å². The number of sulfonamides is 1. The Morgan fingerprint density at radius 2 is 1.97 bits per heavy atom. The Kier molecular flexibility index (Phi) is 6.35. The Labute approximate surface area is 190 Å².